The quantitative estimate of drug-likeness (QED) is 0.334. The predicted octanol–water partition coefficient (Wildman–Crippen LogP) is 5.17. The molecule has 0 radical (unpaired) electrons. The first-order valence-corrected chi connectivity index (χ1v) is 9.39. The van der Waals surface area contributed by atoms with E-state index >= 15 is 0 Å². The van der Waals surface area contributed by atoms with E-state index < -0.39 is 4.92 Å². The summed E-state index contributed by atoms with van der Waals surface area (Å²) in [4.78, 5) is 23.2. The first-order chi connectivity index (χ1) is 13.4. The average Bonchev–Trinajstić information content (AvgIpc) is 3.17. The molecule has 0 fully saturated rings. The lowest BCUT2D eigenvalue weighted by Gasteiger charge is -2.39. The Bertz CT molecular complexity index is 1020. The largest absolute Gasteiger partial charge is 0.465 e. The van der Waals surface area contributed by atoms with Gasteiger partial charge < -0.3 is 10.1 Å². The van der Waals surface area contributed by atoms with Gasteiger partial charge in [-0.2, -0.15) is 0 Å². The smallest absolute Gasteiger partial charge is 0.338 e. The minimum atomic E-state index is -0.415. The molecule has 2 aromatic carbocycles. The monoisotopic (exact) mass is 398 g/mol. The number of nitro benzene ring substituents is 1. The fraction of sp³-hybridized carbons (Fsp3) is 0.286. The number of nitrogens with one attached hydrogen (secondary N) is 1. The summed E-state index contributed by atoms with van der Waals surface area (Å²) in [6.07, 6.45) is 4.98. The summed E-state index contributed by atoms with van der Waals surface area (Å²) in [6, 6.07) is 8.00. The summed E-state index contributed by atoms with van der Waals surface area (Å²) in [7, 11) is 1.37. The van der Waals surface area contributed by atoms with Crippen LogP contribution in [0.25, 0.3) is 0 Å². The van der Waals surface area contributed by atoms with Gasteiger partial charge in [-0.3, -0.25) is 10.1 Å². The summed E-state index contributed by atoms with van der Waals surface area (Å²) in [5.74, 6) is -0.272. The molecule has 0 aromatic heterocycles. The molecular formula is C21H19ClN2O4. The average molecular weight is 399 g/mol. The van der Waals surface area contributed by atoms with Crippen LogP contribution in [0.4, 0.5) is 11.4 Å². The lowest BCUT2D eigenvalue weighted by atomic mass is 9.74. The second-order valence-electron chi connectivity index (χ2n) is 7.15. The third-order valence-electron chi connectivity index (χ3n) is 5.66. The van der Waals surface area contributed by atoms with E-state index in [1.54, 1.807) is 18.2 Å². The molecule has 7 heteroatoms. The van der Waals surface area contributed by atoms with Gasteiger partial charge in [0.1, 0.15) is 0 Å². The van der Waals surface area contributed by atoms with E-state index in [4.69, 9.17) is 16.3 Å². The summed E-state index contributed by atoms with van der Waals surface area (Å²) in [5.41, 5.74) is 4.03. The van der Waals surface area contributed by atoms with Crippen LogP contribution in [0.2, 0.25) is 5.02 Å². The highest BCUT2D eigenvalue weighted by Gasteiger charge is 2.41. The first-order valence-electron chi connectivity index (χ1n) is 9.01. The van der Waals surface area contributed by atoms with Gasteiger partial charge in [-0.15, -0.1) is 0 Å². The molecule has 0 unspecified atom stereocenters. The van der Waals surface area contributed by atoms with Gasteiger partial charge >= 0.3 is 5.97 Å². The number of hydrogen-bond acceptors (Lipinski definition) is 5. The van der Waals surface area contributed by atoms with Crippen LogP contribution in [-0.4, -0.2) is 18.0 Å². The normalized spacial score (nSPS) is 22.2. The van der Waals surface area contributed by atoms with Gasteiger partial charge in [-0.25, -0.2) is 4.79 Å². The van der Waals surface area contributed by atoms with Crippen LogP contribution >= 0.6 is 11.6 Å². The van der Waals surface area contributed by atoms with Crippen molar-refractivity contribution in [1.29, 1.82) is 0 Å². The molecule has 1 N–H and O–H groups in total. The van der Waals surface area contributed by atoms with E-state index in [0.29, 0.717) is 16.1 Å². The minimum absolute atomic E-state index is 0.00517. The number of fused-ring (bicyclic) bond motifs is 3. The van der Waals surface area contributed by atoms with Crippen LogP contribution in [-0.2, 0) is 4.74 Å². The van der Waals surface area contributed by atoms with Crippen molar-refractivity contribution in [3.05, 3.63) is 79.9 Å². The predicted molar refractivity (Wildman–Crippen MR) is 107 cm³/mol. The number of allylic oxidation sites excluding steroid dienone is 2. The summed E-state index contributed by atoms with van der Waals surface area (Å²) >= 11 is 6.44. The highest BCUT2D eigenvalue weighted by atomic mass is 35.5. The Labute approximate surface area is 167 Å². The van der Waals surface area contributed by atoms with E-state index in [1.165, 1.54) is 13.2 Å². The molecule has 2 aliphatic rings. The third-order valence-corrected chi connectivity index (χ3v) is 6.00. The maximum Gasteiger partial charge on any atom is 0.338 e. The molecule has 0 spiro atoms. The number of hydrogen-bond donors (Lipinski definition) is 1. The van der Waals surface area contributed by atoms with Gasteiger partial charge in [0.15, 0.2) is 0 Å². The summed E-state index contributed by atoms with van der Waals surface area (Å²) in [5, 5.41) is 15.3. The zero-order chi connectivity index (χ0) is 20.0. The second-order valence-corrected chi connectivity index (χ2v) is 7.56. The first kappa shape index (κ1) is 18.5. The number of esters is 1. The van der Waals surface area contributed by atoms with E-state index in [9.17, 15) is 14.9 Å². The number of nitro groups is 1. The van der Waals surface area contributed by atoms with Crippen molar-refractivity contribution >= 4 is 28.9 Å². The zero-order valence-corrected chi connectivity index (χ0v) is 16.2. The maximum atomic E-state index is 12.3. The van der Waals surface area contributed by atoms with Gasteiger partial charge in [0.2, 0.25) is 0 Å². The van der Waals surface area contributed by atoms with Crippen molar-refractivity contribution < 1.29 is 14.5 Å². The number of non-ortho nitro benzene ring substituents is 1. The molecule has 144 valence electrons. The van der Waals surface area contributed by atoms with Gasteiger partial charge in [-0.05, 0) is 42.5 Å². The van der Waals surface area contributed by atoms with Crippen LogP contribution in [0.3, 0.4) is 0 Å². The molecule has 0 saturated heterocycles. The second kappa shape index (κ2) is 6.95. The zero-order valence-electron chi connectivity index (χ0n) is 15.4. The van der Waals surface area contributed by atoms with Crippen molar-refractivity contribution in [3.63, 3.8) is 0 Å². The fourth-order valence-electron chi connectivity index (χ4n) is 4.33. The van der Waals surface area contributed by atoms with E-state index in [0.717, 1.165) is 23.2 Å². The summed E-state index contributed by atoms with van der Waals surface area (Å²) in [6.45, 7) is 1.97. The molecule has 1 aliphatic carbocycles. The molecule has 3 atom stereocenters. The van der Waals surface area contributed by atoms with E-state index in [1.807, 2.05) is 13.0 Å². The number of ether oxygens (including phenoxy) is 1. The van der Waals surface area contributed by atoms with Crippen molar-refractivity contribution in [2.24, 2.45) is 5.92 Å². The number of nitrogens with zero attached hydrogens (tertiary/aromatic N) is 1. The number of halogens is 1. The Hall–Kier alpha value is -2.86. The lowest BCUT2D eigenvalue weighted by Crippen LogP contribution is -2.31. The molecule has 6 nitrogen and oxygen atoms in total. The van der Waals surface area contributed by atoms with Crippen LogP contribution in [0.5, 0.6) is 0 Å². The van der Waals surface area contributed by atoms with Crippen LogP contribution in [0, 0.1) is 23.0 Å². The standard InChI is InChI=1S/C21H19ClN2O4/c1-11-6-8-15(21(25)28-2)18-13-4-3-5-14(13)20(23-19(11)18)16-10-12(24(26)27)7-9-17(16)22/h3-4,6-10,13-14,20,23H,5H2,1-2H3/t13-,14-,20+/m1/s1. The Morgan fingerprint density at radius 1 is 1.32 bits per heavy atom. The third kappa shape index (κ3) is 2.85. The molecule has 1 aliphatic heterocycles. The van der Waals surface area contributed by atoms with Crippen LogP contribution < -0.4 is 5.32 Å². The minimum Gasteiger partial charge on any atom is -0.465 e. The van der Waals surface area contributed by atoms with Crippen molar-refractivity contribution in [1.82, 2.24) is 0 Å². The molecule has 4 rings (SSSR count). The number of carbonyl (C=O) groups is 1. The summed E-state index contributed by atoms with van der Waals surface area (Å²) < 4.78 is 4.98. The van der Waals surface area contributed by atoms with Gasteiger partial charge in [0.25, 0.3) is 5.69 Å². The van der Waals surface area contributed by atoms with Crippen LogP contribution in [0.1, 0.15) is 45.4 Å². The Kier molecular flexibility index (Phi) is 4.59. The lowest BCUT2D eigenvalue weighted by molar-refractivity contribution is -0.384. The van der Waals surface area contributed by atoms with E-state index in [-0.39, 0.29) is 29.5 Å². The topological polar surface area (TPSA) is 81.5 Å². The molecular weight excluding hydrogens is 380 g/mol. The van der Waals surface area contributed by atoms with Crippen molar-refractivity contribution in [3.8, 4) is 0 Å². The van der Waals surface area contributed by atoms with Crippen molar-refractivity contribution in [2.45, 2.75) is 25.3 Å². The molecule has 0 saturated carbocycles. The molecule has 0 amide bonds. The Morgan fingerprint density at radius 3 is 2.82 bits per heavy atom. The number of anilines is 1. The fourth-order valence-corrected chi connectivity index (χ4v) is 4.57. The molecule has 0 bridgehead atoms. The number of rotatable bonds is 3. The highest BCUT2D eigenvalue weighted by Crippen LogP contribution is 2.52. The highest BCUT2D eigenvalue weighted by molar-refractivity contribution is 6.31. The molecule has 2 aromatic rings. The van der Waals surface area contributed by atoms with Crippen molar-refractivity contribution in [2.75, 3.05) is 12.4 Å². The van der Waals surface area contributed by atoms with Gasteiger partial charge in [-0.1, -0.05) is 29.8 Å². The number of benzene rings is 2. The SMILES string of the molecule is COC(=O)c1ccc(C)c2c1[C@@H]1C=CC[C@H]1[C@@H](c1cc([N+](=O)[O-])ccc1Cl)N2. The Morgan fingerprint density at radius 2 is 2.11 bits per heavy atom. The molecule has 28 heavy (non-hydrogen) atoms. The number of carbonyl (C=O) groups excluding carboxylic acids is 1. The number of aryl methyl sites for hydroxylation is 1. The van der Waals surface area contributed by atoms with Gasteiger partial charge in [0.05, 0.1) is 23.6 Å². The Balaban J connectivity index is 1.88. The molecule has 1 heterocycles. The maximum absolute atomic E-state index is 12.3. The van der Waals surface area contributed by atoms with Gasteiger partial charge in [0, 0.05) is 34.3 Å². The van der Waals surface area contributed by atoms with Crippen LogP contribution in [0.15, 0.2) is 42.5 Å². The van der Waals surface area contributed by atoms with E-state index in [2.05, 4.69) is 17.5 Å². The number of methoxy groups -OCH3 is 1.